The van der Waals surface area contributed by atoms with Gasteiger partial charge in [-0.25, -0.2) is 4.98 Å². The Morgan fingerprint density at radius 2 is 1.83 bits per heavy atom. The quantitative estimate of drug-likeness (QED) is 0.528. The van der Waals surface area contributed by atoms with Crippen LogP contribution in [0.1, 0.15) is 22.0 Å². The molecule has 2 aromatic heterocycles. The number of rotatable bonds is 6. The molecule has 0 atom stereocenters. The second-order valence-electron chi connectivity index (χ2n) is 6.37. The Kier molecular flexibility index (Phi) is 5.29. The number of aromatic nitrogens is 4. The van der Waals surface area contributed by atoms with Gasteiger partial charge in [0, 0.05) is 18.2 Å². The lowest BCUT2D eigenvalue weighted by molar-refractivity contribution is 0.101. The number of benzene rings is 2. The van der Waals surface area contributed by atoms with Gasteiger partial charge in [0.2, 0.25) is 5.82 Å². The van der Waals surface area contributed by atoms with E-state index in [2.05, 4.69) is 25.5 Å². The summed E-state index contributed by atoms with van der Waals surface area (Å²) in [6, 6.07) is 21.2. The Morgan fingerprint density at radius 3 is 2.66 bits per heavy atom. The number of amides is 1. The Hall–Kier alpha value is -4.00. The van der Waals surface area contributed by atoms with Gasteiger partial charge in [-0.2, -0.15) is 0 Å². The van der Waals surface area contributed by atoms with E-state index in [-0.39, 0.29) is 5.82 Å². The van der Waals surface area contributed by atoms with Crippen molar-refractivity contribution in [1.82, 2.24) is 20.2 Å². The first-order valence-corrected chi connectivity index (χ1v) is 9.09. The smallest absolute Gasteiger partial charge is 0.294 e. The molecule has 1 amide bonds. The molecule has 0 aliphatic heterocycles. The number of para-hydroxylation sites is 1. The van der Waals surface area contributed by atoms with Gasteiger partial charge in [-0.3, -0.25) is 4.79 Å². The van der Waals surface area contributed by atoms with Gasteiger partial charge in [0.05, 0.1) is 7.11 Å². The third-order valence-electron chi connectivity index (χ3n) is 4.38. The van der Waals surface area contributed by atoms with E-state index < -0.39 is 5.91 Å². The van der Waals surface area contributed by atoms with Gasteiger partial charge in [-0.15, -0.1) is 10.2 Å². The number of pyridine rings is 1. The third kappa shape index (κ3) is 4.30. The van der Waals surface area contributed by atoms with Crippen LogP contribution in [-0.2, 0) is 6.42 Å². The molecule has 0 bridgehead atoms. The van der Waals surface area contributed by atoms with E-state index in [0.717, 1.165) is 22.4 Å². The number of nitrogens with zero attached hydrogens (tertiary/aromatic N) is 3. The summed E-state index contributed by atoms with van der Waals surface area (Å²) in [6.45, 7) is 0. The first-order chi connectivity index (χ1) is 14.2. The highest BCUT2D eigenvalue weighted by Crippen LogP contribution is 2.30. The number of carbonyl (C=O) groups excluding carboxylic acids is 1. The molecule has 2 heterocycles. The zero-order valence-corrected chi connectivity index (χ0v) is 15.8. The Balaban J connectivity index is 1.49. The lowest BCUT2D eigenvalue weighted by Gasteiger charge is -2.09. The van der Waals surface area contributed by atoms with Crippen molar-refractivity contribution in [2.45, 2.75) is 6.42 Å². The third-order valence-corrected chi connectivity index (χ3v) is 4.38. The van der Waals surface area contributed by atoms with Gasteiger partial charge in [0.15, 0.2) is 0 Å². The number of methoxy groups -OCH3 is 1. The van der Waals surface area contributed by atoms with Gasteiger partial charge in [-0.1, -0.05) is 48.5 Å². The maximum absolute atomic E-state index is 12.5. The predicted molar refractivity (Wildman–Crippen MR) is 110 cm³/mol. The minimum atomic E-state index is -0.401. The molecule has 29 heavy (non-hydrogen) atoms. The summed E-state index contributed by atoms with van der Waals surface area (Å²) >= 11 is 0. The summed E-state index contributed by atoms with van der Waals surface area (Å²) in [7, 11) is 1.62. The van der Waals surface area contributed by atoms with Gasteiger partial charge in [-0.05, 0) is 29.3 Å². The average molecular weight is 385 g/mol. The summed E-state index contributed by atoms with van der Waals surface area (Å²) in [6.07, 6.45) is 2.21. The fourth-order valence-corrected chi connectivity index (χ4v) is 2.99. The molecule has 2 aromatic carbocycles. The van der Waals surface area contributed by atoms with Crippen LogP contribution in [-0.4, -0.2) is 33.2 Å². The zero-order chi connectivity index (χ0) is 20.1. The van der Waals surface area contributed by atoms with Crippen molar-refractivity contribution in [2.24, 2.45) is 0 Å². The molecular formula is C22H19N5O2. The Bertz CT molecular complexity index is 1120. The number of anilines is 1. The highest BCUT2D eigenvalue weighted by atomic mass is 16.5. The minimum Gasteiger partial charge on any atom is -0.496 e. The standard InChI is InChI=1S/C22H19N5O2/c1-29-18-10-6-5-9-17(18)16-11-12-23-19(14-16)25-22(28)21-24-20(26-27-21)13-15-7-3-2-4-8-15/h2-12,14H,13H2,1H3,(H,23,25,28)(H,24,26,27). The molecule has 0 saturated heterocycles. The largest absolute Gasteiger partial charge is 0.496 e. The van der Waals surface area contributed by atoms with E-state index in [1.165, 1.54) is 0 Å². The number of hydrogen-bond donors (Lipinski definition) is 2. The predicted octanol–water partition coefficient (Wildman–Crippen LogP) is 3.72. The normalized spacial score (nSPS) is 10.5. The summed E-state index contributed by atoms with van der Waals surface area (Å²) in [5, 5.41) is 10.8. The number of ether oxygens (including phenoxy) is 1. The van der Waals surface area contributed by atoms with Crippen LogP contribution in [0.2, 0.25) is 0 Å². The second-order valence-corrected chi connectivity index (χ2v) is 6.37. The van der Waals surface area contributed by atoms with Crippen LogP contribution in [0.25, 0.3) is 11.1 Å². The Labute approximate surface area is 167 Å². The lowest BCUT2D eigenvalue weighted by Crippen LogP contribution is -2.14. The van der Waals surface area contributed by atoms with E-state index in [9.17, 15) is 4.79 Å². The minimum absolute atomic E-state index is 0.139. The molecule has 144 valence electrons. The highest BCUT2D eigenvalue weighted by Gasteiger charge is 2.14. The number of hydrogen-bond acceptors (Lipinski definition) is 5. The topological polar surface area (TPSA) is 92.8 Å². The van der Waals surface area contributed by atoms with Crippen molar-refractivity contribution in [3.05, 3.63) is 90.1 Å². The molecule has 0 fully saturated rings. The van der Waals surface area contributed by atoms with Crippen molar-refractivity contribution >= 4 is 11.7 Å². The molecule has 4 rings (SSSR count). The monoisotopic (exact) mass is 385 g/mol. The van der Waals surface area contributed by atoms with E-state index in [1.54, 1.807) is 19.4 Å². The van der Waals surface area contributed by atoms with Crippen LogP contribution in [0.3, 0.4) is 0 Å². The molecule has 0 saturated carbocycles. The van der Waals surface area contributed by atoms with Gasteiger partial charge >= 0.3 is 0 Å². The molecular weight excluding hydrogens is 366 g/mol. The summed E-state index contributed by atoms with van der Waals surface area (Å²) in [5.41, 5.74) is 2.88. The van der Waals surface area contributed by atoms with Crippen molar-refractivity contribution < 1.29 is 9.53 Å². The van der Waals surface area contributed by atoms with Gasteiger partial charge < -0.3 is 15.0 Å². The zero-order valence-electron chi connectivity index (χ0n) is 15.8. The van der Waals surface area contributed by atoms with Gasteiger partial charge in [0.1, 0.15) is 17.4 Å². The number of carbonyl (C=O) groups is 1. The van der Waals surface area contributed by atoms with Crippen LogP contribution in [0.15, 0.2) is 72.9 Å². The fraction of sp³-hybridized carbons (Fsp3) is 0.0909. The molecule has 0 aliphatic carbocycles. The van der Waals surface area contributed by atoms with Crippen LogP contribution in [0, 0.1) is 0 Å². The molecule has 0 radical (unpaired) electrons. The van der Waals surface area contributed by atoms with Crippen LogP contribution in [0.5, 0.6) is 5.75 Å². The summed E-state index contributed by atoms with van der Waals surface area (Å²) in [4.78, 5) is 19.7. The second kappa shape index (κ2) is 8.35. The van der Waals surface area contributed by atoms with E-state index in [1.807, 2.05) is 60.7 Å². The van der Waals surface area contributed by atoms with Crippen molar-refractivity contribution in [3.8, 4) is 16.9 Å². The number of H-pyrrole nitrogens is 1. The van der Waals surface area contributed by atoms with Crippen molar-refractivity contribution in [3.63, 3.8) is 0 Å². The number of nitrogens with one attached hydrogen (secondary N) is 2. The lowest BCUT2D eigenvalue weighted by atomic mass is 10.1. The van der Waals surface area contributed by atoms with Crippen LogP contribution in [0.4, 0.5) is 5.82 Å². The molecule has 7 heteroatoms. The van der Waals surface area contributed by atoms with Crippen molar-refractivity contribution in [2.75, 3.05) is 12.4 Å². The highest BCUT2D eigenvalue weighted by molar-refractivity contribution is 6.01. The van der Waals surface area contributed by atoms with Gasteiger partial charge in [0.25, 0.3) is 5.91 Å². The molecule has 2 N–H and O–H groups in total. The van der Waals surface area contributed by atoms with E-state index >= 15 is 0 Å². The average Bonchev–Trinajstić information content (AvgIpc) is 3.23. The maximum atomic E-state index is 12.5. The first kappa shape index (κ1) is 18.4. The Morgan fingerprint density at radius 1 is 1.03 bits per heavy atom. The summed E-state index contributed by atoms with van der Waals surface area (Å²) in [5.74, 6) is 1.52. The SMILES string of the molecule is COc1ccccc1-c1ccnc(NC(=O)c2nnc(Cc3ccccc3)[nH]2)c1. The molecule has 7 nitrogen and oxygen atoms in total. The molecule has 0 spiro atoms. The fourth-order valence-electron chi connectivity index (χ4n) is 2.99. The first-order valence-electron chi connectivity index (χ1n) is 9.09. The van der Waals surface area contributed by atoms with Crippen molar-refractivity contribution in [1.29, 1.82) is 0 Å². The van der Waals surface area contributed by atoms with Crippen LogP contribution >= 0.6 is 0 Å². The van der Waals surface area contributed by atoms with E-state index in [4.69, 9.17) is 4.74 Å². The van der Waals surface area contributed by atoms with Crippen LogP contribution < -0.4 is 10.1 Å². The molecule has 0 aliphatic rings. The maximum Gasteiger partial charge on any atom is 0.294 e. The molecule has 0 unspecified atom stereocenters. The van der Waals surface area contributed by atoms with E-state index in [0.29, 0.717) is 18.1 Å². The summed E-state index contributed by atoms with van der Waals surface area (Å²) < 4.78 is 5.41. The number of aromatic amines is 1. The molecule has 4 aromatic rings.